The monoisotopic (exact) mass is 308 g/mol. The van der Waals surface area contributed by atoms with Gasteiger partial charge >= 0.3 is 0 Å². The van der Waals surface area contributed by atoms with Crippen LogP contribution in [0.25, 0.3) is 11.1 Å². The molecule has 0 aliphatic rings. The number of aromatic nitrogens is 3. The van der Waals surface area contributed by atoms with E-state index in [1.807, 2.05) is 42.6 Å². The first-order valence-electron chi connectivity index (χ1n) is 7.22. The lowest BCUT2D eigenvalue weighted by Crippen LogP contribution is -2.02. The third kappa shape index (κ3) is 3.18. The number of ether oxygens (including phenoxy) is 2. The van der Waals surface area contributed by atoms with E-state index in [4.69, 9.17) is 9.47 Å². The van der Waals surface area contributed by atoms with E-state index in [2.05, 4.69) is 17.2 Å². The van der Waals surface area contributed by atoms with Crippen LogP contribution < -0.4 is 9.47 Å². The Morgan fingerprint density at radius 3 is 2.22 bits per heavy atom. The Hall–Kier alpha value is -2.82. The summed E-state index contributed by atoms with van der Waals surface area (Å²) in [5.41, 5.74) is 3.95. The van der Waals surface area contributed by atoms with E-state index < -0.39 is 0 Å². The van der Waals surface area contributed by atoms with Crippen molar-refractivity contribution in [1.82, 2.24) is 15.0 Å². The Morgan fingerprint density at radius 1 is 1.04 bits per heavy atom. The molecular formula is C18H18N3O2. The highest BCUT2D eigenvalue weighted by Crippen LogP contribution is 2.39. The molecule has 0 atom stereocenters. The highest BCUT2D eigenvalue weighted by molar-refractivity contribution is 5.77. The van der Waals surface area contributed by atoms with Crippen molar-refractivity contribution in [3.8, 4) is 22.6 Å². The summed E-state index contributed by atoms with van der Waals surface area (Å²) in [5.74, 6) is 1.52. The van der Waals surface area contributed by atoms with Gasteiger partial charge in [0.2, 0.25) is 0 Å². The van der Waals surface area contributed by atoms with Crippen LogP contribution in [-0.4, -0.2) is 29.2 Å². The van der Waals surface area contributed by atoms with E-state index in [1.54, 1.807) is 25.1 Å². The Balaban J connectivity index is 2.06. The smallest absolute Gasteiger partial charge is 0.130 e. The van der Waals surface area contributed by atoms with Crippen LogP contribution in [0.5, 0.6) is 11.5 Å². The number of benzene rings is 2. The Bertz CT molecular complexity index is 756. The zero-order valence-electron chi connectivity index (χ0n) is 13.2. The highest BCUT2D eigenvalue weighted by Gasteiger charge is 2.15. The van der Waals surface area contributed by atoms with Gasteiger partial charge in [-0.05, 0) is 35.7 Å². The third-order valence-electron chi connectivity index (χ3n) is 3.62. The zero-order chi connectivity index (χ0) is 16.2. The number of nitrogens with zero attached hydrogens (tertiary/aromatic N) is 3. The molecule has 0 N–H and O–H groups in total. The zero-order valence-corrected chi connectivity index (χ0v) is 13.2. The van der Waals surface area contributed by atoms with Crippen LogP contribution in [0.15, 0.2) is 48.8 Å². The van der Waals surface area contributed by atoms with E-state index in [-0.39, 0.29) is 0 Å². The second kappa shape index (κ2) is 6.52. The second-order valence-electron chi connectivity index (χ2n) is 5.17. The van der Waals surface area contributed by atoms with Gasteiger partial charge in [-0.25, -0.2) is 4.68 Å². The largest absolute Gasteiger partial charge is 0.496 e. The molecule has 0 saturated heterocycles. The van der Waals surface area contributed by atoms with E-state index in [9.17, 15) is 0 Å². The predicted molar refractivity (Wildman–Crippen MR) is 88.6 cm³/mol. The minimum atomic E-state index is 0.602. The summed E-state index contributed by atoms with van der Waals surface area (Å²) < 4.78 is 12.9. The molecule has 0 bridgehead atoms. The lowest BCUT2D eigenvalue weighted by Gasteiger charge is -2.16. The topological polar surface area (TPSA) is 49.2 Å². The van der Waals surface area contributed by atoms with Gasteiger partial charge in [0.15, 0.2) is 0 Å². The number of hydrogen-bond donors (Lipinski definition) is 0. The fourth-order valence-electron chi connectivity index (χ4n) is 2.52. The molecule has 5 heteroatoms. The summed E-state index contributed by atoms with van der Waals surface area (Å²) in [6.45, 7) is 4.52. The standard InChI is InChI=1S/C18H18N3O2/c1-13-4-6-15(7-5-13)18-16(22-2)10-14(11-17(18)23-3)12-21-9-8-19-20-21/h4-11H,1,12H2,2-3H3. The minimum absolute atomic E-state index is 0.602. The van der Waals surface area contributed by atoms with Crippen molar-refractivity contribution in [3.63, 3.8) is 0 Å². The first kappa shape index (κ1) is 15.1. The number of rotatable bonds is 5. The molecule has 3 rings (SSSR count). The number of methoxy groups -OCH3 is 2. The molecular weight excluding hydrogens is 290 g/mol. The van der Waals surface area contributed by atoms with E-state index >= 15 is 0 Å². The van der Waals surface area contributed by atoms with Gasteiger partial charge in [0.1, 0.15) is 11.5 Å². The Kier molecular flexibility index (Phi) is 4.28. The fraction of sp³-hybridized carbons (Fsp3) is 0.167. The Labute approximate surface area is 135 Å². The van der Waals surface area contributed by atoms with Crippen LogP contribution in [0, 0.1) is 6.92 Å². The van der Waals surface area contributed by atoms with Gasteiger partial charge in [0.05, 0.1) is 32.5 Å². The molecule has 0 saturated carbocycles. The molecule has 1 aromatic heterocycles. The van der Waals surface area contributed by atoms with Gasteiger partial charge in [0, 0.05) is 6.20 Å². The van der Waals surface area contributed by atoms with Gasteiger partial charge < -0.3 is 9.47 Å². The van der Waals surface area contributed by atoms with E-state index in [1.165, 1.54) is 0 Å². The molecule has 1 radical (unpaired) electrons. The molecule has 0 spiro atoms. The maximum absolute atomic E-state index is 5.59. The van der Waals surface area contributed by atoms with Crippen LogP contribution in [0.4, 0.5) is 0 Å². The van der Waals surface area contributed by atoms with Crippen molar-refractivity contribution < 1.29 is 9.47 Å². The highest BCUT2D eigenvalue weighted by atomic mass is 16.5. The maximum atomic E-state index is 5.59. The molecule has 0 amide bonds. The first-order valence-corrected chi connectivity index (χ1v) is 7.22. The summed E-state index contributed by atoms with van der Waals surface area (Å²) >= 11 is 0. The van der Waals surface area contributed by atoms with Crippen molar-refractivity contribution in [1.29, 1.82) is 0 Å². The van der Waals surface area contributed by atoms with Crippen LogP contribution in [0.3, 0.4) is 0 Å². The van der Waals surface area contributed by atoms with Crippen molar-refractivity contribution in [2.75, 3.05) is 14.2 Å². The Morgan fingerprint density at radius 2 is 1.70 bits per heavy atom. The first-order chi connectivity index (χ1) is 11.2. The summed E-state index contributed by atoms with van der Waals surface area (Å²) in [7, 11) is 3.32. The fourth-order valence-corrected chi connectivity index (χ4v) is 2.52. The van der Waals surface area contributed by atoms with Crippen molar-refractivity contribution in [2.24, 2.45) is 0 Å². The SMILES string of the molecule is [CH2]c1ccc(-c2c(OC)cc(Cn3ccnn3)cc2OC)cc1. The van der Waals surface area contributed by atoms with Crippen molar-refractivity contribution in [2.45, 2.75) is 6.54 Å². The van der Waals surface area contributed by atoms with Gasteiger partial charge in [-0.2, -0.15) is 0 Å². The lowest BCUT2D eigenvalue weighted by atomic mass is 10.00. The van der Waals surface area contributed by atoms with Crippen molar-refractivity contribution in [3.05, 3.63) is 66.8 Å². The van der Waals surface area contributed by atoms with Gasteiger partial charge in [-0.1, -0.05) is 29.5 Å². The van der Waals surface area contributed by atoms with Crippen molar-refractivity contribution >= 4 is 0 Å². The summed E-state index contributed by atoms with van der Waals surface area (Å²) in [5, 5.41) is 7.81. The normalized spacial score (nSPS) is 10.6. The molecule has 0 aliphatic heterocycles. The summed E-state index contributed by atoms with van der Waals surface area (Å²) in [6.07, 6.45) is 3.48. The molecule has 2 aromatic carbocycles. The molecule has 23 heavy (non-hydrogen) atoms. The lowest BCUT2D eigenvalue weighted by molar-refractivity contribution is 0.396. The van der Waals surface area contributed by atoms with Crippen LogP contribution in [0.1, 0.15) is 11.1 Å². The molecule has 117 valence electrons. The predicted octanol–water partition coefficient (Wildman–Crippen LogP) is 3.19. The van der Waals surface area contributed by atoms with Gasteiger partial charge in [-0.15, -0.1) is 5.10 Å². The maximum Gasteiger partial charge on any atom is 0.130 e. The molecule has 0 unspecified atom stereocenters. The van der Waals surface area contributed by atoms with Gasteiger partial charge in [-0.3, -0.25) is 0 Å². The molecule has 1 heterocycles. The average Bonchev–Trinajstić information content (AvgIpc) is 3.08. The molecule has 0 fully saturated rings. The third-order valence-corrected chi connectivity index (χ3v) is 3.62. The molecule has 5 nitrogen and oxygen atoms in total. The molecule has 0 aliphatic carbocycles. The minimum Gasteiger partial charge on any atom is -0.496 e. The van der Waals surface area contributed by atoms with Crippen LogP contribution in [-0.2, 0) is 6.54 Å². The van der Waals surface area contributed by atoms with E-state index in [0.717, 1.165) is 33.8 Å². The summed E-state index contributed by atoms with van der Waals surface area (Å²) in [4.78, 5) is 0. The van der Waals surface area contributed by atoms with Crippen LogP contribution in [0.2, 0.25) is 0 Å². The number of hydrogen-bond acceptors (Lipinski definition) is 4. The molecule has 3 aromatic rings. The summed E-state index contributed by atoms with van der Waals surface area (Å²) in [6, 6.07) is 12.0. The second-order valence-corrected chi connectivity index (χ2v) is 5.17. The quantitative estimate of drug-likeness (QED) is 0.726. The van der Waals surface area contributed by atoms with E-state index in [0.29, 0.717) is 6.54 Å². The van der Waals surface area contributed by atoms with Gasteiger partial charge in [0.25, 0.3) is 0 Å². The van der Waals surface area contributed by atoms with Crippen LogP contribution >= 0.6 is 0 Å². The average molecular weight is 308 g/mol.